The van der Waals surface area contributed by atoms with Crippen LogP contribution in [0.2, 0.25) is 0 Å². The molecule has 0 aliphatic heterocycles. The Balaban J connectivity index is 1.65. The molecule has 8 nitrogen and oxygen atoms in total. The molecule has 0 bridgehead atoms. The van der Waals surface area contributed by atoms with E-state index in [1.165, 1.54) is 22.7 Å². The third-order valence-electron chi connectivity index (χ3n) is 4.44. The summed E-state index contributed by atoms with van der Waals surface area (Å²) in [4.78, 5) is 34.2. The third-order valence-corrected chi connectivity index (χ3v) is 5.38. The van der Waals surface area contributed by atoms with Crippen LogP contribution in [-0.2, 0) is 4.79 Å². The van der Waals surface area contributed by atoms with Crippen molar-refractivity contribution in [2.45, 2.75) is 19.0 Å². The van der Waals surface area contributed by atoms with Crippen molar-refractivity contribution in [2.24, 2.45) is 0 Å². The highest BCUT2D eigenvalue weighted by atomic mass is 32.2. The van der Waals surface area contributed by atoms with Gasteiger partial charge in [0.2, 0.25) is 11.9 Å². The second-order valence-corrected chi connectivity index (χ2v) is 7.41. The molecule has 1 amide bonds. The SMILES string of the molecule is Cc1cccc(C)c1NC(=O)CSc1nc2ccccc2c(=O)n1-c1ncn[nH]1. The monoisotopic (exact) mass is 406 g/mol. The first-order valence-electron chi connectivity index (χ1n) is 8.91. The van der Waals surface area contributed by atoms with Gasteiger partial charge in [0.1, 0.15) is 6.33 Å². The van der Waals surface area contributed by atoms with E-state index in [-0.39, 0.29) is 23.2 Å². The maximum absolute atomic E-state index is 13.0. The van der Waals surface area contributed by atoms with Gasteiger partial charge in [-0.05, 0) is 37.1 Å². The van der Waals surface area contributed by atoms with E-state index in [2.05, 4.69) is 25.5 Å². The van der Waals surface area contributed by atoms with Gasteiger partial charge >= 0.3 is 0 Å². The lowest BCUT2D eigenvalue weighted by molar-refractivity contribution is -0.113. The van der Waals surface area contributed by atoms with Crippen LogP contribution in [0.5, 0.6) is 0 Å². The standard InChI is InChI=1S/C20H18N6O2S/c1-12-6-5-7-13(2)17(12)24-16(27)10-29-20-23-15-9-4-3-8-14(15)18(28)26(20)19-21-11-22-25-19/h3-9,11H,10H2,1-2H3,(H,24,27)(H,21,22,25). The molecule has 4 aromatic rings. The summed E-state index contributed by atoms with van der Waals surface area (Å²) < 4.78 is 1.34. The number of nitrogens with zero attached hydrogens (tertiary/aromatic N) is 4. The van der Waals surface area contributed by atoms with Crippen molar-refractivity contribution in [3.8, 4) is 5.95 Å². The predicted octanol–water partition coefficient (Wildman–Crippen LogP) is 2.85. The second-order valence-electron chi connectivity index (χ2n) is 6.46. The summed E-state index contributed by atoms with van der Waals surface area (Å²) in [5.74, 6) is 0.164. The predicted molar refractivity (Wildman–Crippen MR) is 113 cm³/mol. The van der Waals surface area contributed by atoms with Crippen LogP contribution < -0.4 is 10.9 Å². The average Bonchev–Trinajstić information content (AvgIpc) is 3.24. The number of aromatic nitrogens is 5. The number of aryl methyl sites for hydroxylation is 2. The smallest absolute Gasteiger partial charge is 0.269 e. The van der Waals surface area contributed by atoms with Gasteiger partial charge in [-0.2, -0.15) is 10.1 Å². The highest BCUT2D eigenvalue weighted by Crippen LogP contribution is 2.22. The number of anilines is 1. The zero-order valence-electron chi connectivity index (χ0n) is 15.8. The summed E-state index contributed by atoms with van der Waals surface area (Å²) in [5.41, 5.74) is 3.07. The van der Waals surface area contributed by atoms with Gasteiger partial charge in [-0.15, -0.1) is 0 Å². The summed E-state index contributed by atoms with van der Waals surface area (Å²) in [5, 5.41) is 10.3. The molecule has 0 unspecified atom stereocenters. The van der Waals surface area contributed by atoms with Gasteiger partial charge in [-0.3, -0.25) is 9.59 Å². The van der Waals surface area contributed by atoms with Gasteiger partial charge < -0.3 is 5.32 Å². The van der Waals surface area contributed by atoms with E-state index in [0.29, 0.717) is 16.1 Å². The Morgan fingerprint density at radius 2 is 1.90 bits per heavy atom. The first-order valence-corrected chi connectivity index (χ1v) is 9.89. The Hall–Kier alpha value is -3.46. The molecular formula is C20H18N6O2S. The Labute approximate surface area is 170 Å². The molecule has 2 heterocycles. The minimum atomic E-state index is -0.273. The van der Waals surface area contributed by atoms with E-state index in [1.807, 2.05) is 38.1 Å². The maximum atomic E-state index is 13.0. The van der Waals surface area contributed by atoms with Crippen molar-refractivity contribution in [1.29, 1.82) is 0 Å². The lowest BCUT2D eigenvalue weighted by Gasteiger charge is -2.12. The van der Waals surface area contributed by atoms with Gasteiger partial charge in [0.15, 0.2) is 5.16 Å². The molecule has 2 aromatic carbocycles. The Morgan fingerprint density at radius 1 is 1.14 bits per heavy atom. The molecule has 9 heteroatoms. The van der Waals surface area contributed by atoms with E-state index in [9.17, 15) is 9.59 Å². The van der Waals surface area contributed by atoms with Crippen LogP contribution in [0, 0.1) is 13.8 Å². The zero-order valence-corrected chi connectivity index (χ0v) is 16.7. The highest BCUT2D eigenvalue weighted by Gasteiger charge is 2.17. The number of hydrogen-bond donors (Lipinski definition) is 2. The van der Waals surface area contributed by atoms with E-state index in [1.54, 1.807) is 18.2 Å². The number of amides is 1. The van der Waals surface area contributed by atoms with E-state index in [4.69, 9.17) is 0 Å². The van der Waals surface area contributed by atoms with E-state index >= 15 is 0 Å². The molecule has 2 aromatic heterocycles. The van der Waals surface area contributed by atoms with Crippen LogP contribution >= 0.6 is 11.8 Å². The average molecular weight is 406 g/mol. The molecule has 0 spiro atoms. The van der Waals surface area contributed by atoms with Gasteiger partial charge in [0.25, 0.3) is 5.56 Å². The van der Waals surface area contributed by atoms with Gasteiger partial charge in [-0.25, -0.2) is 14.6 Å². The second kappa shape index (κ2) is 7.88. The molecule has 29 heavy (non-hydrogen) atoms. The van der Waals surface area contributed by atoms with Crippen molar-refractivity contribution in [1.82, 2.24) is 24.7 Å². The Bertz CT molecular complexity index is 1230. The molecular weight excluding hydrogens is 388 g/mol. The Kier molecular flexibility index (Phi) is 5.13. The highest BCUT2D eigenvalue weighted by molar-refractivity contribution is 7.99. The molecule has 0 aliphatic carbocycles. The normalized spacial score (nSPS) is 11.0. The van der Waals surface area contributed by atoms with Crippen LogP contribution in [0.1, 0.15) is 11.1 Å². The molecule has 0 aliphatic rings. The van der Waals surface area contributed by atoms with Crippen molar-refractivity contribution < 1.29 is 4.79 Å². The third kappa shape index (κ3) is 3.77. The lowest BCUT2D eigenvalue weighted by Crippen LogP contribution is -2.24. The lowest BCUT2D eigenvalue weighted by atomic mass is 10.1. The molecule has 0 atom stereocenters. The number of fused-ring (bicyclic) bond motifs is 1. The summed E-state index contributed by atoms with van der Waals surface area (Å²) in [6.45, 7) is 3.89. The fourth-order valence-electron chi connectivity index (χ4n) is 3.02. The van der Waals surface area contributed by atoms with Crippen molar-refractivity contribution in [3.63, 3.8) is 0 Å². The summed E-state index contributed by atoms with van der Waals surface area (Å²) in [6.07, 6.45) is 1.32. The van der Waals surface area contributed by atoms with Gasteiger partial charge in [-0.1, -0.05) is 42.1 Å². The first-order chi connectivity index (χ1) is 14.0. The number of carbonyl (C=O) groups excluding carboxylic acids is 1. The van der Waals surface area contributed by atoms with Crippen molar-refractivity contribution in [3.05, 3.63) is 70.3 Å². The zero-order chi connectivity index (χ0) is 20.4. The molecule has 0 saturated carbocycles. The molecule has 0 saturated heterocycles. The number of nitrogens with one attached hydrogen (secondary N) is 2. The summed E-state index contributed by atoms with van der Waals surface area (Å²) in [6, 6.07) is 12.9. The van der Waals surface area contributed by atoms with Crippen LogP contribution in [-0.4, -0.2) is 36.4 Å². The number of rotatable bonds is 5. The van der Waals surface area contributed by atoms with Crippen LogP contribution in [0.3, 0.4) is 0 Å². The van der Waals surface area contributed by atoms with Crippen molar-refractivity contribution >= 4 is 34.3 Å². The fourth-order valence-corrected chi connectivity index (χ4v) is 3.81. The van der Waals surface area contributed by atoms with Crippen molar-refractivity contribution in [2.75, 3.05) is 11.1 Å². The summed E-state index contributed by atoms with van der Waals surface area (Å²) >= 11 is 1.17. The van der Waals surface area contributed by atoms with Crippen LogP contribution in [0.4, 0.5) is 5.69 Å². The summed E-state index contributed by atoms with van der Waals surface area (Å²) in [7, 11) is 0. The minimum absolute atomic E-state index is 0.0900. The maximum Gasteiger partial charge on any atom is 0.269 e. The van der Waals surface area contributed by atoms with E-state index < -0.39 is 0 Å². The van der Waals surface area contributed by atoms with Crippen LogP contribution in [0.15, 0.2) is 58.7 Å². The van der Waals surface area contributed by atoms with E-state index in [0.717, 1.165) is 16.8 Å². The number of hydrogen-bond acceptors (Lipinski definition) is 6. The number of H-pyrrole nitrogens is 1. The van der Waals surface area contributed by atoms with Crippen LogP contribution in [0.25, 0.3) is 16.9 Å². The number of aromatic amines is 1. The number of benzene rings is 2. The molecule has 4 rings (SSSR count). The number of para-hydroxylation sites is 2. The minimum Gasteiger partial charge on any atom is -0.325 e. The molecule has 0 fully saturated rings. The molecule has 146 valence electrons. The Morgan fingerprint density at radius 3 is 2.62 bits per heavy atom. The fraction of sp³-hybridized carbons (Fsp3) is 0.150. The number of thioether (sulfide) groups is 1. The largest absolute Gasteiger partial charge is 0.325 e. The first kappa shape index (κ1) is 18.9. The topological polar surface area (TPSA) is 106 Å². The number of carbonyl (C=O) groups is 1. The quantitative estimate of drug-likeness (QED) is 0.390. The van der Waals surface area contributed by atoms with Gasteiger partial charge in [0, 0.05) is 5.69 Å². The molecule has 2 N–H and O–H groups in total. The molecule has 0 radical (unpaired) electrons. The van der Waals surface area contributed by atoms with Gasteiger partial charge in [0.05, 0.1) is 16.7 Å².